The first-order valence-electron chi connectivity index (χ1n) is 5.08. The Hall–Kier alpha value is -0.670. The number of rotatable bonds is 6. The van der Waals surface area contributed by atoms with Crippen molar-refractivity contribution in [1.82, 2.24) is 10.3 Å². The van der Waals surface area contributed by atoms with Gasteiger partial charge in [-0.1, -0.05) is 6.92 Å². The molecule has 15 heavy (non-hydrogen) atoms. The van der Waals surface area contributed by atoms with Crippen LogP contribution >= 0.6 is 11.6 Å². The van der Waals surface area contributed by atoms with Gasteiger partial charge >= 0.3 is 0 Å². The molecule has 0 aliphatic carbocycles. The predicted octanol–water partition coefficient (Wildman–Crippen LogP) is 2.58. The first-order chi connectivity index (χ1) is 7.22. The highest BCUT2D eigenvalue weighted by atomic mass is 35.5. The average molecular weight is 231 g/mol. The van der Waals surface area contributed by atoms with Crippen molar-refractivity contribution in [3.8, 4) is 0 Å². The second-order valence-electron chi connectivity index (χ2n) is 3.73. The summed E-state index contributed by atoms with van der Waals surface area (Å²) in [6.07, 6.45) is 3.87. The fourth-order valence-corrected chi connectivity index (χ4v) is 1.68. The molecule has 0 spiro atoms. The third kappa shape index (κ3) is 5.09. The maximum atomic E-state index is 12.8. The summed E-state index contributed by atoms with van der Waals surface area (Å²) >= 11 is 5.63. The van der Waals surface area contributed by atoms with E-state index in [2.05, 4.69) is 17.2 Å². The molecule has 0 saturated carbocycles. The van der Waals surface area contributed by atoms with E-state index < -0.39 is 0 Å². The summed E-state index contributed by atoms with van der Waals surface area (Å²) in [4.78, 5) is 3.78. The van der Waals surface area contributed by atoms with E-state index in [0.717, 1.165) is 18.5 Å². The number of nitrogens with zero attached hydrogens (tertiary/aromatic N) is 1. The Kier molecular flexibility index (Phi) is 5.58. The molecular formula is C11H16ClFN2. The van der Waals surface area contributed by atoms with Crippen molar-refractivity contribution in [2.24, 2.45) is 5.92 Å². The van der Waals surface area contributed by atoms with Crippen molar-refractivity contribution < 1.29 is 4.39 Å². The first-order valence-corrected chi connectivity index (χ1v) is 5.62. The van der Waals surface area contributed by atoms with E-state index in [1.54, 1.807) is 6.20 Å². The van der Waals surface area contributed by atoms with Crippen LogP contribution in [-0.2, 0) is 6.54 Å². The topological polar surface area (TPSA) is 24.9 Å². The summed E-state index contributed by atoms with van der Waals surface area (Å²) in [5.41, 5.74) is 0.869. The van der Waals surface area contributed by atoms with Gasteiger partial charge in [0.1, 0.15) is 5.82 Å². The smallest absolute Gasteiger partial charge is 0.141 e. The van der Waals surface area contributed by atoms with Crippen LogP contribution in [0.25, 0.3) is 0 Å². The average Bonchev–Trinajstić information content (AvgIpc) is 2.18. The Labute approximate surface area is 94.9 Å². The summed E-state index contributed by atoms with van der Waals surface area (Å²) < 4.78 is 12.8. The Morgan fingerprint density at radius 3 is 3.00 bits per heavy atom. The van der Waals surface area contributed by atoms with Crippen molar-refractivity contribution >= 4 is 11.6 Å². The molecule has 84 valence electrons. The zero-order valence-corrected chi connectivity index (χ0v) is 9.60. The maximum Gasteiger partial charge on any atom is 0.141 e. The van der Waals surface area contributed by atoms with Gasteiger partial charge in [0.25, 0.3) is 0 Å². The lowest BCUT2D eigenvalue weighted by Gasteiger charge is -2.10. The van der Waals surface area contributed by atoms with Crippen LogP contribution < -0.4 is 5.32 Å². The van der Waals surface area contributed by atoms with Gasteiger partial charge in [0.15, 0.2) is 0 Å². The summed E-state index contributed by atoms with van der Waals surface area (Å²) in [6.45, 7) is 3.68. The minimum atomic E-state index is -0.289. The molecule has 0 radical (unpaired) electrons. The van der Waals surface area contributed by atoms with Gasteiger partial charge in [-0.3, -0.25) is 4.98 Å². The molecule has 1 atom stereocenters. The SMILES string of the molecule is CC(CCCl)CNCc1cncc(F)c1. The Morgan fingerprint density at radius 1 is 1.53 bits per heavy atom. The molecule has 1 aromatic rings. The first kappa shape index (κ1) is 12.4. The molecule has 1 unspecified atom stereocenters. The van der Waals surface area contributed by atoms with E-state index in [1.165, 1.54) is 12.3 Å². The van der Waals surface area contributed by atoms with Gasteiger partial charge in [-0.15, -0.1) is 11.6 Å². The fraction of sp³-hybridized carbons (Fsp3) is 0.545. The van der Waals surface area contributed by atoms with Crippen LogP contribution in [0.15, 0.2) is 18.5 Å². The lowest BCUT2D eigenvalue weighted by Crippen LogP contribution is -2.21. The molecule has 4 heteroatoms. The fourth-order valence-electron chi connectivity index (χ4n) is 1.30. The van der Waals surface area contributed by atoms with Crippen LogP contribution in [0.1, 0.15) is 18.9 Å². The van der Waals surface area contributed by atoms with E-state index in [1.807, 2.05) is 0 Å². The van der Waals surface area contributed by atoms with E-state index in [4.69, 9.17) is 11.6 Å². The molecule has 1 aromatic heterocycles. The molecule has 0 bridgehead atoms. The Balaban J connectivity index is 2.25. The molecule has 0 fully saturated rings. The highest BCUT2D eigenvalue weighted by Gasteiger charge is 2.01. The second-order valence-corrected chi connectivity index (χ2v) is 4.10. The summed E-state index contributed by atoms with van der Waals surface area (Å²) in [5.74, 6) is 0.941. The van der Waals surface area contributed by atoms with E-state index in [-0.39, 0.29) is 5.82 Å². The third-order valence-corrected chi connectivity index (χ3v) is 2.40. The van der Waals surface area contributed by atoms with Gasteiger partial charge in [-0.25, -0.2) is 4.39 Å². The standard InChI is InChI=1S/C11H16ClFN2/c1-9(2-3-12)5-14-6-10-4-11(13)8-15-7-10/h4,7-9,14H,2-3,5-6H2,1H3. The normalized spacial score (nSPS) is 12.7. The van der Waals surface area contributed by atoms with Crippen molar-refractivity contribution in [2.75, 3.05) is 12.4 Å². The molecule has 0 amide bonds. The number of nitrogens with one attached hydrogen (secondary N) is 1. The number of hydrogen-bond donors (Lipinski definition) is 1. The number of halogens is 2. The van der Waals surface area contributed by atoms with E-state index in [9.17, 15) is 4.39 Å². The number of alkyl halides is 1. The van der Waals surface area contributed by atoms with Crippen LogP contribution in [0.3, 0.4) is 0 Å². The minimum Gasteiger partial charge on any atom is -0.312 e. The van der Waals surface area contributed by atoms with Crippen LogP contribution in [-0.4, -0.2) is 17.4 Å². The number of hydrogen-bond acceptors (Lipinski definition) is 2. The molecule has 0 aromatic carbocycles. The van der Waals surface area contributed by atoms with E-state index >= 15 is 0 Å². The molecule has 0 aliphatic heterocycles. The lowest BCUT2D eigenvalue weighted by molar-refractivity contribution is 0.500. The third-order valence-electron chi connectivity index (χ3n) is 2.19. The summed E-state index contributed by atoms with van der Waals surface area (Å²) in [6, 6.07) is 1.49. The Morgan fingerprint density at radius 2 is 2.33 bits per heavy atom. The van der Waals surface area contributed by atoms with Gasteiger partial charge in [0.2, 0.25) is 0 Å². The monoisotopic (exact) mass is 230 g/mol. The van der Waals surface area contributed by atoms with Gasteiger partial charge in [0.05, 0.1) is 6.20 Å². The van der Waals surface area contributed by atoms with Gasteiger partial charge < -0.3 is 5.32 Å². The quantitative estimate of drug-likeness (QED) is 0.760. The van der Waals surface area contributed by atoms with Crippen molar-refractivity contribution in [2.45, 2.75) is 19.9 Å². The van der Waals surface area contributed by atoms with Gasteiger partial charge in [-0.2, -0.15) is 0 Å². The van der Waals surface area contributed by atoms with Crippen molar-refractivity contribution in [3.05, 3.63) is 29.8 Å². The predicted molar refractivity (Wildman–Crippen MR) is 60.4 cm³/mol. The van der Waals surface area contributed by atoms with Crippen molar-refractivity contribution in [1.29, 1.82) is 0 Å². The summed E-state index contributed by atoms with van der Waals surface area (Å²) in [5, 5.41) is 3.25. The molecule has 0 saturated heterocycles. The van der Waals surface area contributed by atoms with Gasteiger partial charge in [-0.05, 0) is 30.5 Å². The molecule has 1 rings (SSSR count). The lowest BCUT2D eigenvalue weighted by atomic mass is 10.1. The molecule has 1 N–H and O–H groups in total. The van der Waals surface area contributed by atoms with E-state index in [0.29, 0.717) is 18.3 Å². The molecule has 2 nitrogen and oxygen atoms in total. The van der Waals surface area contributed by atoms with Crippen LogP contribution in [0, 0.1) is 11.7 Å². The van der Waals surface area contributed by atoms with Crippen LogP contribution in [0.5, 0.6) is 0 Å². The van der Waals surface area contributed by atoms with Gasteiger partial charge in [0, 0.05) is 18.6 Å². The minimum absolute atomic E-state index is 0.289. The number of pyridine rings is 1. The molecule has 0 aliphatic rings. The van der Waals surface area contributed by atoms with Crippen LogP contribution in [0.4, 0.5) is 4.39 Å². The van der Waals surface area contributed by atoms with Crippen LogP contribution in [0.2, 0.25) is 0 Å². The zero-order valence-electron chi connectivity index (χ0n) is 8.84. The summed E-state index contributed by atoms with van der Waals surface area (Å²) in [7, 11) is 0. The highest BCUT2D eigenvalue weighted by molar-refractivity contribution is 6.17. The largest absolute Gasteiger partial charge is 0.312 e. The maximum absolute atomic E-state index is 12.8. The van der Waals surface area contributed by atoms with Crippen molar-refractivity contribution in [3.63, 3.8) is 0 Å². The second kappa shape index (κ2) is 6.75. The highest BCUT2D eigenvalue weighted by Crippen LogP contribution is 2.03. The molecular weight excluding hydrogens is 215 g/mol. The molecule has 1 heterocycles. The Bertz CT molecular complexity index is 294. The number of aromatic nitrogens is 1. The zero-order chi connectivity index (χ0) is 11.1.